The molecule has 1 aliphatic carbocycles. The summed E-state index contributed by atoms with van der Waals surface area (Å²) >= 11 is 3.33. The number of methoxy groups -OCH3 is 1. The van der Waals surface area contributed by atoms with Gasteiger partial charge >= 0.3 is 0 Å². The molecule has 0 spiro atoms. The molecule has 2 rings (SSSR count). The predicted molar refractivity (Wildman–Crippen MR) is 59.7 cm³/mol. The molecule has 5 heteroatoms. The molecule has 1 saturated carbocycles. The Morgan fingerprint density at radius 2 is 2.25 bits per heavy atom. The Balaban J connectivity index is 2.63. The largest absolute Gasteiger partial charge is 0.493 e. The molecule has 16 heavy (non-hydrogen) atoms. The first-order chi connectivity index (χ1) is 7.64. The van der Waals surface area contributed by atoms with Gasteiger partial charge in [0, 0.05) is 10.0 Å². The van der Waals surface area contributed by atoms with Crippen molar-refractivity contribution in [2.24, 2.45) is 4.99 Å². The molecule has 0 N–H and O–H groups in total. The van der Waals surface area contributed by atoms with E-state index in [-0.39, 0.29) is 5.75 Å². The van der Waals surface area contributed by atoms with Crippen molar-refractivity contribution in [1.82, 2.24) is 0 Å². The molecule has 0 radical (unpaired) electrons. The lowest BCUT2D eigenvalue weighted by molar-refractivity contribution is 0.376. The molecular weight excluding hydrogens is 277 g/mol. The van der Waals surface area contributed by atoms with E-state index in [1.165, 1.54) is 13.2 Å². The zero-order valence-electron chi connectivity index (χ0n) is 8.59. The maximum absolute atomic E-state index is 13.5. The number of nitrogens with zero attached hydrogens (tertiary/aromatic N) is 1. The molecule has 1 aromatic carbocycles. The fourth-order valence-electron chi connectivity index (χ4n) is 1.79. The first-order valence-electron chi connectivity index (χ1n) is 4.76. The van der Waals surface area contributed by atoms with Crippen LogP contribution in [0, 0.1) is 5.82 Å². The van der Waals surface area contributed by atoms with Crippen molar-refractivity contribution in [3.05, 3.63) is 28.0 Å². The van der Waals surface area contributed by atoms with Gasteiger partial charge in [-0.2, -0.15) is 4.99 Å². The Bertz CT molecular complexity index is 479. The van der Waals surface area contributed by atoms with Crippen LogP contribution in [0.3, 0.4) is 0 Å². The smallest absolute Gasteiger partial charge is 0.235 e. The van der Waals surface area contributed by atoms with E-state index in [1.54, 1.807) is 12.1 Å². The minimum absolute atomic E-state index is 0.144. The lowest BCUT2D eigenvalue weighted by Crippen LogP contribution is -2.07. The van der Waals surface area contributed by atoms with Crippen LogP contribution in [0.4, 0.5) is 4.39 Å². The van der Waals surface area contributed by atoms with Crippen molar-refractivity contribution in [3.8, 4) is 5.75 Å². The number of benzene rings is 1. The summed E-state index contributed by atoms with van der Waals surface area (Å²) in [4.78, 5) is 14.2. The molecule has 1 fully saturated rings. The molecule has 1 aliphatic rings. The van der Waals surface area contributed by atoms with Gasteiger partial charge < -0.3 is 4.74 Å². The number of aliphatic imine (C=N–C) groups is 1. The molecule has 3 nitrogen and oxygen atoms in total. The Hall–Kier alpha value is -1.19. The van der Waals surface area contributed by atoms with E-state index in [4.69, 9.17) is 4.74 Å². The van der Waals surface area contributed by atoms with Crippen molar-refractivity contribution >= 4 is 22.0 Å². The third-order valence-corrected chi connectivity index (χ3v) is 3.37. The number of carbonyl (C=O) groups excluding carboxylic acids is 1. The van der Waals surface area contributed by atoms with Crippen LogP contribution in [-0.2, 0) is 10.3 Å². The number of isocyanates is 1. The SMILES string of the molecule is COc1c(F)ccc(Br)c1C1(N=C=O)CC1. The Labute approximate surface area is 100 Å². The summed E-state index contributed by atoms with van der Waals surface area (Å²) in [5.41, 5.74) is -0.0491. The lowest BCUT2D eigenvalue weighted by Gasteiger charge is -2.15. The topological polar surface area (TPSA) is 38.7 Å². The fraction of sp³-hybridized carbons (Fsp3) is 0.364. The highest BCUT2D eigenvalue weighted by atomic mass is 79.9. The van der Waals surface area contributed by atoms with Gasteiger partial charge in [-0.05, 0) is 25.0 Å². The van der Waals surface area contributed by atoms with Crippen molar-refractivity contribution < 1.29 is 13.9 Å². The van der Waals surface area contributed by atoms with Crippen molar-refractivity contribution in [3.63, 3.8) is 0 Å². The van der Waals surface area contributed by atoms with Gasteiger partial charge in [0.05, 0.1) is 7.11 Å². The first kappa shape index (κ1) is 11.3. The van der Waals surface area contributed by atoms with Gasteiger partial charge in [-0.15, -0.1) is 0 Å². The highest BCUT2D eigenvalue weighted by Gasteiger charge is 2.48. The Morgan fingerprint density at radius 1 is 1.56 bits per heavy atom. The normalized spacial score (nSPS) is 16.4. The van der Waals surface area contributed by atoms with Crippen LogP contribution in [0.5, 0.6) is 5.75 Å². The van der Waals surface area contributed by atoms with Gasteiger partial charge in [0.1, 0.15) is 5.54 Å². The van der Waals surface area contributed by atoms with E-state index in [2.05, 4.69) is 20.9 Å². The second kappa shape index (κ2) is 4.00. The number of rotatable bonds is 3. The molecule has 1 aromatic rings. The molecule has 0 bridgehead atoms. The number of ether oxygens (including phenoxy) is 1. The predicted octanol–water partition coefficient (Wildman–Crippen LogP) is 2.92. The minimum atomic E-state index is -0.645. The molecule has 0 aliphatic heterocycles. The van der Waals surface area contributed by atoms with Crippen molar-refractivity contribution in [1.29, 1.82) is 0 Å². The number of hydrogen-bond donors (Lipinski definition) is 0. The van der Waals surface area contributed by atoms with Gasteiger partial charge in [-0.1, -0.05) is 15.9 Å². The maximum atomic E-state index is 13.5. The van der Waals surface area contributed by atoms with Crippen LogP contribution >= 0.6 is 15.9 Å². The van der Waals surface area contributed by atoms with E-state index in [0.29, 0.717) is 22.9 Å². The zero-order valence-corrected chi connectivity index (χ0v) is 10.2. The monoisotopic (exact) mass is 285 g/mol. The standard InChI is InChI=1S/C11H9BrFNO2/c1-16-10-8(13)3-2-7(12)9(10)11(4-5-11)14-6-15/h2-3H,4-5H2,1H3. The zero-order chi connectivity index (χ0) is 11.8. The minimum Gasteiger partial charge on any atom is -0.493 e. The van der Waals surface area contributed by atoms with Crippen molar-refractivity contribution in [2.75, 3.05) is 7.11 Å². The van der Waals surface area contributed by atoms with Crippen LogP contribution in [0.15, 0.2) is 21.6 Å². The quantitative estimate of drug-likeness (QED) is 0.633. The summed E-state index contributed by atoms with van der Waals surface area (Å²) in [5.74, 6) is -0.307. The third-order valence-electron chi connectivity index (χ3n) is 2.71. The van der Waals surface area contributed by atoms with Gasteiger partial charge in [0.15, 0.2) is 11.6 Å². The van der Waals surface area contributed by atoms with Crippen LogP contribution in [0.1, 0.15) is 18.4 Å². The molecule has 0 unspecified atom stereocenters. The van der Waals surface area contributed by atoms with E-state index >= 15 is 0 Å². The van der Waals surface area contributed by atoms with Crippen LogP contribution in [0.25, 0.3) is 0 Å². The summed E-state index contributed by atoms with van der Waals surface area (Å²) in [6, 6.07) is 2.90. The first-order valence-corrected chi connectivity index (χ1v) is 5.55. The summed E-state index contributed by atoms with van der Waals surface area (Å²) in [6.07, 6.45) is 2.96. The highest BCUT2D eigenvalue weighted by molar-refractivity contribution is 9.10. The highest BCUT2D eigenvalue weighted by Crippen LogP contribution is 2.55. The second-order valence-corrected chi connectivity index (χ2v) is 4.53. The van der Waals surface area contributed by atoms with E-state index in [9.17, 15) is 9.18 Å². The molecule has 0 atom stereocenters. The lowest BCUT2D eigenvalue weighted by atomic mass is 10.0. The Morgan fingerprint density at radius 3 is 2.75 bits per heavy atom. The fourth-order valence-corrected chi connectivity index (χ4v) is 2.47. The van der Waals surface area contributed by atoms with Gasteiger partial charge in [-0.25, -0.2) is 9.18 Å². The average Bonchev–Trinajstić information content (AvgIpc) is 3.02. The van der Waals surface area contributed by atoms with Gasteiger partial charge in [0.2, 0.25) is 6.08 Å². The second-order valence-electron chi connectivity index (χ2n) is 3.67. The molecule has 84 valence electrons. The van der Waals surface area contributed by atoms with Gasteiger partial charge in [-0.3, -0.25) is 0 Å². The third kappa shape index (κ3) is 1.66. The maximum Gasteiger partial charge on any atom is 0.235 e. The van der Waals surface area contributed by atoms with Gasteiger partial charge in [0.25, 0.3) is 0 Å². The summed E-state index contributed by atoms with van der Waals surface area (Å²) < 4.78 is 19.3. The van der Waals surface area contributed by atoms with Crippen LogP contribution in [-0.4, -0.2) is 13.2 Å². The number of hydrogen-bond acceptors (Lipinski definition) is 3. The summed E-state index contributed by atoms with van der Waals surface area (Å²) in [6.45, 7) is 0. The molecule has 0 heterocycles. The van der Waals surface area contributed by atoms with E-state index in [1.807, 2.05) is 0 Å². The van der Waals surface area contributed by atoms with Crippen molar-refractivity contribution in [2.45, 2.75) is 18.4 Å². The molecule has 0 amide bonds. The van der Waals surface area contributed by atoms with E-state index < -0.39 is 11.4 Å². The van der Waals surface area contributed by atoms with Crippen LogP contribution < -0.4 is 4.74 Å². The molecule has 0 saturated heterocycles. The average molecular weight is 286 g/mol. The molecule has 0 aromatic heterocycles. The summed E-state index contributed by atoms with van der Waals surface area (Å²) in [7, 11) is 1.40. The van der Waals surface area contributed by atoms with Crippen LogP contribution in [0.2, 0.25) is 0 Å². The molecular formula is C11H9BrFNO2. The number of halogens is 2. The Kier molecular flexibility index (Phi) is 2.82. The van der Waals surface area contributed by atoms with E-state index in [0.717, 1.165) is 0 Å². The summed E-state index contributed by atoms with van der Waals surface area (Å²) in [5, 5.41) is 0.